The molecule has 6 heteroatoms. The minimum absolute atomic E-state index is 0.0514. The summed E-state index contributed by atoms with van der Waals surface area (Å²) in [5.74, 6) is -1.05. The topological polar surface area (TPSA) is 70.1 Å². The lowest BCUT2D eigenvalue weighted by Crippen LogP contribution is -2.29. The van der Waals surface area contributed by atoms with Gasteiger partial charge in [-0.15, -0.1) is 0 Å². The van der Waals surface area contributed by atoms with Crippen LogP contribution in [0.15, 0.2) is 78.4 Å². The molecule has 1 aliphatic heterocycles. The van der Waals surface area contributed by atoms with Gasteiger partial charge in [0.15, 0.2) is 0 Å². The van der Waals surface area contributed by atoms with Crippen LogP contribution in [0.1, 0.15) is 57.4 Å². The number of aliphatic hydroxyl groups excluding tert-OH is 1. The van der Waals surface area contributed by atoms with E-state index in [-0.39, 0.29) is 22.9 Å². The van der Waals surface area contributed by atoms with Crippen molar-refractivity contribution in [2.45, 2.75) is 52.2 Å². The minimum atomic E-state index is -0.788. The predicted octanol–water partition coefficient (Wildman–Crippen LogP) is 6.46. The molecule has 0 saturated carbocycles. The van der Waals surface area contributed by atoms with E-state index in [0.29, 0.717) is 17.0 Å². The first-order chi connectivity index (χ1) is 17.9. The number of benzene rings is 3. The van der Waals surface area contributed by atoms with Crippen LogP contribution in [0.25, 0.3) is 5.76 Å². The molecule has 1 fully saturated rings. The van der Waals surface area contributed by atoms with E-state index in [1.54, 1.807) is 24.3 Å². The number of carbonyl (C=O) groups excluding carboxylic acids is 2. The lowest BCUT2D eigenvalue weighted by molar-refractivity contribution is -0.132. The van der Waals surface area contributed by atoms with Crippen molar-refractivity contribution in [3.63, 3.8) is 0 Å². The SMILES string of the molecule is CC(C)Oc1cccc(/C(O)=C2/C(=O)C(=O)N(c3ccc(N(C)C)cc3)C2c2ccc(C(C)(C)C)cc2)c1. The summed E-state index contributed by atoms with van der Waals surface area (Å²) < 4.78 is 5.79. The summed E-state index contributed by atoms with van der Waals surface area (Å²) in [5.41, 5.74) is 3.84. The predicted molar refractivity (Wildman–Crippen MR) is 153 cm³/mol. The van der Waals surface area contributed by atoms with Crippen LogP contribution in [0, 0.1) is 0 Å². The molecule has 1 atom stereocenters. The normalized spacial score (nSPS) is 17.3. The van der Waals surface area contributed by atoms with E-state index in [9.17, 15) is 14.7 Å². The van der Waals surface area contributed by atoms with Crippen LogP contribution in [0.2, 0.25) is 0 Å². The van der Waals surface area contributed by atoms with E-state index >= 15 is 0 Å². The Morgan fingerprint density at radius 3 is 2.13 bits per heavy atom. The van der Waals surface area contributed by atoms with Crippen LogP contribution < -0.4 is 14.5 Å². The average molecular weight is 513 g/mol. The van der Waals surface area contributed by atoms with Gasteiger partial charge in [-0.3, -0.25) is 14.5 Å². The molecule has 0 aromatic heterocycles. The largest absolute Gasteiger partial charge is 0.507 e. The number of rotatable bonds is 6. The molecule has 1 saturated heterocycles. The standard InChI is InChI=1S/C32H36N2O4/c1-20(2)38-26-10-8-9-22(19-26)29(35)27-28(21-11-13-23(14-12-21)32(3,4)5)34(31(37)30(27)36)25-17-15-24(16-18-25)33(6)7/h8-20,28,35H,1-7H3/b29-27-. The smallest absolute Gasteiger partial charge is 0.300 e. The molecule has 0 radical (unpaired) electrons. The van der Waals surface area contributed by atoms with Crippen molar-refractivity contribution in [1.29, 1.82) is 0 Å². The zero-order valence-electron chi connectivity index (χ0n) is 23.1. The lowest BCUT2D eigenvalue weighted by Gasteiger charge is -2.27. The van der Waals surface area contributed by atoms with Gasteiger partial charge in [-0.2, -0.15) is 0 Å². The highest BCUT2D eigenvalue weighted by Gasteiger charge is 2.47. The van der Waals surface area contributed by atoms with Crippen LogP contribution in [-0.4, -0.2) is 37.0 Å². The van der Waals surface area contributed by atoms with Crippen molar-refractivity contribution in [3.05, 3.63) is 95.1 Å². The average Bonchev–Trinajstić information content (AvgIpc) is 3.13. The highest BCUT2D eigenvalue weighted by Crippen LogP contribution is 2.43. The van der Waals surface area contributed by atoms with Gasteiger partial charge in [0.1, 0.15) is 11.5 Å². The summed E-state index contributed by atoms with van der Waals surface area (Å²) in [5, 5.41) is 11.5. The molecule has 1 N–H and O–H groups in total. The molecule has 3 aromatic rings. The van der Waals surface area contributed by atoms with Crippen molar-refractivity contribution in [3.8, 4) is 5.75 Å². The third-order valence-corrected chi connectivity index (χ3v) is 6.66. The third-order valence-electron chi connectivity index (χ3n) is 6.66. The highest BCUT2D eigenvalue weighted by molar-refractivity contribution is 6.51. The van der Waals surface area contributed by atoms with Gasteiger partial charge in [-0.05, 0) is 66.8 Å². The van der Waals surface area contributed by atoms with E-state index in [4.69, 9.17) is 4.74 Å². The second-order valence-corrected chi connectivity index (χ2v) is 11.1. The summed E-state index contributed by atoms with van der Waals surface area (Å²) in [6.45, 7) is 10.2. The van der Waals surface area contributed by atoms with E-state index in [1.165, 1.54) is 4.90 Å². The Morgan fingerprint density at radius 1 is 0.947 bits per heavy atom. The fourth-order valence-electron chi connectivity index (χ4n) is 4.64. The third kappa shape index (κ3) is 5.30. The highest BCUT2D eigenvalue weighted by atomic mass is 16.5. The molecule has 38 heavy (non-hydrogen) atoms. The molecule has 6 nitrogen and oxygen atoms in total. The zero-order chi connectivity index (χ0) is 27.8. The van der Waals surface area contributed by atoms with Crippen molar-refractivity contribution in [1.82, 2.24) is 0 Å². The van der Waals surface area contributed by atoms with Gasteiger partial charge >= 0.3 is 0 Å². The molecule has 3 aromatic carbocycles. The van der Waals surface area contributed by atoms with E-state index in [0.717, 1.165) is 16.8 Å². The van der Waals surface area contributed by atoms with Crippen molar-refractivity contribution in [2.24, 2.45) is 0 Å². The molecular formula is C32H36N2O4. The monoisotopic (exact) mass is 512 g/mol. The lowest BCUT2D eigenvalue weighted by atomic mass is 9.85. The number of aliphatic hydroxyl groups is 1. The Labute approximate surface area is 225 Å². The van der Waals surface area contributed by atoms with Gasteiger partial charge in [0, 0.05) is 31.0 Å². The molecule has 1 aliphatic rings. The van der Waals surface area contributed by atoms with E-state index in [2.05, 4.69) is 20.8 Å². The maximum Gasteiger partial charge on any atom is 0.300 e. The number of ether oxygens (including phenoxy) is 1. The molecular weight excluding hydrogens is 476 g/mol. The number of hydrogen-bond acceptors (Lipinski definition) is 5. The number of anilines is 2. The number of hydrogen-bond donors (Lipinski definition) is 1. The maximum absolute atomic E-state index is 13.5. The van der Waals surface area contributed by atoms with Gasteiger partial charge < -0.3 is 14.7 Å². The molecule has 198 valence electrons. The Bertz CT molecular complexity index is 1360. The first-order valence-electron chi connectivity index (χ1n) is 12.8. The molecule has 1 heterocycles. The van der Waals surface area contributed by atoms with E-state index in [1.807, 2.05) is 81.4 Å². The van der Waals surface area contributed by atoms with Crippen molar-refractivity contribution in [2.75, 3.05) is 23.9 Å². The fourth-order valence-corrected chi connectivity index (χ4v) is 4.64. The molecule has 4 rings (SSSR count). The van der Waals surface area contributed by atoms with Gasteiger partial charge in [0.25, 0.3) is 11.7 Å². The van der Waals surface area contributed by atoms with Crippen LogP contribution in [0.5, 0.6) is 5.75 Å². The number of carbonyl (C=O) groups is 2. The van der Waals surface area contributed by atoms with Gasteiger partial charge in [0.2, 0.25) is 0 Å². The summed E-state index contributed by atoms with van der Waals surface area (Å²) in [6, 6.07) is 21.5. The number of Topliss-reactive ketones (excluding diaryl/α,β-unsaturated/α-hetero) is 1. The van der Waals surface area contributed by atoms with Crippen molar-refractivity contribution >= 4 is 28.8 Å². The molecule has 0 bridgehead atoms. The Kier molecular flexibility index (Phi) is 7.36. The molecule has 0 aliphatic carbocycles. The van der Waals surface area contributed by atoms with Crippen LogP contribution in [0.3, 0.4) is 0 Å². The van der Waals surface area contributed by atoms with E-state index < -0.39 is 17.7 Å². The number of nitrogens with zero attached hydrogens (tertiary/aromatic N) is 2. The fraction of sp³-hybridized carbons (Fsp3) is 0.312. The van der Waals surface area contributed by atoms with Gasteiger partial charge in [0.05, 0.1) is 17.7 Å². The number of ketones is 1. The first-order valence-corrected chi connectivity index (χ1v) is 12.8. The zero-order valence-corrected chi connectivity index (χ0v) is 23.1. The maximum atomic E-state index is 13.5. The molecule has 0 spiro atoms. The van der Waals surface area contributed by atoms with Gasteiger partial charge in [-0.25, -0.2) is 0 Å². The molecule has 1 unspecified atom stereocenters. The minimum Gasteiger partial charge on any atom is -0.507 e. The Balaban J connectivity index is 1.89. The summed E-state index contributed by atoms with van der Waals surface area (Å²) in [4.78, 5) is 30.4. The van der Waals surface area contributed by atoms with Crippen LogP contribution in [0.4, 0.5) is 11.4 Å². The Hall–Kier alpha value is -4.06. The first kappa shape index (κ1) is 27.0. The summed E-state index contributed by atoms with van der Waals surface area (Å²) >= 11 is 0. The Morgan fingerprint density at radius 2 is 1.58 bits per heavy atom. The quantitative estimate of drug-likeness (QED) is 0.233. The van der Waals surface area contributed by atoms with Crippen LogP contribution in [-0.2, 0) is 15.0 Å². The molecule has 1 amide bonds. The second-order valence-electron chi connectivity index (χ2n) is 11.1. The van der Waals surface area contributed by atoms with Gasteiger partial charge in [-0.1, -0.05) is 57.2 Å². The number of amides is 1. The summed E-state index contributed by atoms with van der Waals surface area (Å²) in [7, 11) is 3.88. The van der Waals surface area contributed by atoms with Crippen LogP contribution >= 0.6 is 0 Å². The summed E-state index contributed by atoms with van der Waals surface area (Å²) in [6.07, 6.45) is -0.0514. The second kappa shape index (κ2) is 10.4. The van der Waals surface area contributed by atoms with Crippen molar-refractivity contribution < 1.29 is 19.4 Å².